The minimum absolute atomic E-state index is 0.150. The first kappa shape index (κ1) is 11.3. The Morgan fingerprint density at radius 3 is 2.75 bits per heavy atom. The normalized spacial score (nSPS) is 10.7. The van der Waals surface area contributed by atoms with Gasteiger partial charge >= 0.3 is 0 Å². The molecule has 5 heteroatoms. The SMILES string of the molecule is Cc1cc(C(=N)N)nc2c(F)cc(I)cc12. The van der Waals surface area contributed by atoms with E-state index in [1.54, 1.807) is 6.07 Å². The van der Waals surface area contributed by atoms with E-state index in [1.165, 1.54) is 6.07 Å². The third-order valence-corrected chi connectivity index (χ3v) is 2.94. The Morgan fingerprint density at radius 2 is 2.12 bits per heavy atom. The lowest BCUT2D eigenvalue weighted by atomic mass is 10.1. The molecule has 0 saturated heterocycles. The molecule has 0 amide bonds. The zero-order valence-corrected chi connectivity index (χ0v) is 10.7. The second-order valence-corrected chi connectivity index (χ2v) is 4.77. The summed E-state index contributed by atoms with van der Waals surface area (Å²) in [7, 11) is 0. The number of pyridine rings is 1. The maximum Gasteiger partial charge on any atom is 0.150 e. The fourth-order valence-electron chi connectivity index (χ4n) is 1.55. The molecule has 0 saturated carbocycles. The van der Waals surface area contributed by atoms with E-state index in [4.69, 9.17) is 11.1 Å². The first-order valence-electron chi connectivity index (χ1n) is 4.60. The molecule has 82 valence electrons. The molecule has 16 heavy (non-hydrogen) atoms. The van der Waals surface area contributed by atoms with Crippen LogP contribution in [0.1, 0.15) is 11.3 Å². The van der Waals surface area contributed by atoms with Gasteiger partial charge in [0.25, 0.3) is 0 Å². The minimum atomic E-state index is -0.381. The smallest absolute Gasteiger partial charge is 0.150 e. The van der Waals surface area contributed by atoms with Gasteiger partial charge in [0, 0.05) is 8.96 Å². The highest BCUT2D eigenvalue weighted by atomic mass is 127. The molecule has 1 aromatic carbocycles. The molecular weight excluding hydrogens is 320 g/mol. The maximum absolute atomic E-state index is 13.7. The Morgan fingerprint density at radius 1 is 1.44 bits per heavy atom. The summed E-state index contributed by atoms with van der Waals surface area (Å²) in [5.41, 5.74) is 6.80. The molecule has 1 heterocycles. The molecule has 2 aromatic rings. The number of hydrogen-bond donors (Lipinski definition) is 2. The summed E-state index contributed by atoms with van der Waals surface area (Å²) >= 11 is 2.06. The molecule has 3 nitrogen and oxygen atoms in total. The number of hydrogen-bond acceptors (Lipinski definition) is 2. The van der Waals surface area contributed by atoms with Crippen LogP contribution < -0.4 is 5.73 Å². The number of nitrogen functional groups attached to an aromatic ring is 1. The lowest BCUT2D eigenvalue weighted by Crippen LogP contribution is -2.13. The van der Waals surface area contributed by atoms with Gasteiger partial charge in [0.05, 0.1) is 0 Å². The predicted octanol–water partition coefficient (Wildman–Crippen LogP) is 2.57. The van der Waals surface area contributed by atoms with E-state index in [0.29, 0.717) is 5.69 Å². The van der Waals surface area contributed by atoms with Crippen molar-refractivity contribution in [3.05, 3.63) is 38.8 Å². The van der Waals surface area contributed by atoms with Crippen LogP contribution in [0.25, 0.3) is 10.9 Å². The zero-order chi connectivity index (χ0) is 11.9. The first-order valence-corrected chi connectivity index (χ1v) is 5.67. The van der Waals surface area contributed by atoms with Crippen molar-refractivity contribution in [2.24, 2.45) is 5.73 Å². The second kappa shape index (κ2) is 3.97. The summed E-state index contributed by atoms with van der Waals surface area (Å²) in [4.78, 5) is 4.05. The molecule has 0 bridgehead atoms. The molecular formula is C11H9FIN3. The number of nitrogens with zero attached hydrogens (tertiary/aromatic N) is 1. The van der Waals surface area contributed by atoms with Crippen LogP contribution in [0.5, 0.6) is 0 Å². The van der Waals surface area contributed by atoms with Gasteiger partial charge in [0.2, 0.25) is 0 Å². The van der Waals surface area contributed by atoms with Crippen molar-refractivity contribution in [1.82, 2.24) is 4.98 Å². The van der Waals surface area contributed by atoms with Gasteiger partial charge in [0.15, 0.2) is 5.82 Å². The third-order valence-electron chi connectivity index (χ3n) is 2.31. The fraction of sp³-hybridized carbons (Fsp3) is 0.0909. The van der Waals surface area contributed by atoms with Crippen LogP contribution >= 0.6 is 22.6 Å². The van der Waals surface area contributed by atoms with Crippen LogP contribution in [0.15, 0.2) is 18.2 Å². The molecule has 1 aromatic heterocycles. The summed E-state index contributed by atoms with van der Waals surface area (Å²) in [5.74, 6) is -0.531. The molecule has 0 fully saturated rings. The van der Waals surface area contributed by atoms with Gasteiger partial charge in [-0.2, -0.15) is 0 Å². The van der Waals surface area contributed by atoms with Gasteiger partial charge in [-0.05, 0) is 53.3 Å². The summed E-state index contributed by atoms with van der Waals surface area (Å²) in [6, 6.07) is 4.98. The Balaban J connectivity index is 2.87. The summed E-state index contributed by atoms with van der Waals surface area (Å²) in [5, 5.41) is 8.07. The lowest BCUT2D eigenvalue weighted by Gasteiger charge is -2.06. The number of rotatable bonds is 1. The maximum atomic E-state index is 13.7. The summed E-state index contributed by atoms with van der Waals surface area (Å²) < 4.78 is 14.5. The summed E-state index contributed by atoms with van der Waals surface area (Å²) in [6.07, 6.45) is 0. The van der Waals surface area contributed by atoms with E-state index in [0.717, 1.165) is 14.5 Å². The first-order chi connectivity index (χ1) is 7.49. The number of amidine groups is 1. The lowest BCUT2D eigenvalue weighted by molar-refractivity contribution is 0.635. The predicted molar refractivity (Wildman–Crippen MR) is 70.2 cm³/mol. The van der Waals surface area contributed by atoms with Gasteiger partial charge in [-0.25, -0.2) is 9.37 Å². The highest BCUT2D eigenvalue weighted by molar-refractivity contribution is 14.1. The molecule has 0 unspecified atom stereocenters. The van der Waals surface area contributed by atoms with Crippen molar-refractivity contribution in [2.45, 2.75) is 6.92 Å². The van der Waals surface area contributed by atoms with E-state index in [-0.39, 0.29) is 17.2 Å². The fourth-order valence-corrected chi connectivity index (χ4v) is 2.14. The highest BCUT2D eigenvalue weighted by Gasteiger charge is 2.09. The standard InChI is InChI=1S/C11H9FIN3/c1-5-2-9(11(14)15)16-10-7(5)3-6(13)4-8(10)12/h2-4H,1H3,(H3,14,15). The van der Waals surface area contributed by atoms with Crippen LogP contribution in [-0.4, -0.2) is 10.8 Å². The highest BCUT2D eigenvalue weighted by Crippen LogP contribution is 2.23. The number of benzene rings is 1. The van der Waals surface area contributed by atoms with Crippen LogP contribution in [0.2, 0.25) is 0 Å². The van der Waals surface area contributed by atoms with Gasteiger partial charge < -0.3 is 5.73 Å². The van der Waals surface area contributed by atoms with Gasteiger partial charge in [-0.15, -0.1) is 0 Å². The van der Waals surface area contributed by atoms with Crippen LogP contribution in [-0.2, 0) is 0 Å². The van der Waals surface area contributed by atoms with Crippen molar-refractivity contribution in [2.75, 3.05) is 0 Å². The molecule has 2 rings (SSSR count). The largest absolute Gasteiger partial charge is 0.382 e. The van der Waals surface area contributed by atoms with E-state index >= 15 is 0 Å². The molecule has 3 N–H and O–H groups in total. The molecule has 0 aliphatic carbocycles. The van der Waals surface area contributed by atoms with Crippen molar-refractivity contribution >= 4 is 39.3 Å². The quantitative estimate of drug-likeness (QED) is 0.480. The molecule has 0 atom stereocenters. The Kier molecular flexibility index (Phi) is 2.79. The number of nitrogens with one attached hydrogen (secondary N) is 1. The number of nitrogens with two attached hydrogens (primary N) is 1. The van der Waals surface area contributed by atoms with Crippen LogP contribution in [0, 0.1) is 21.7 Å². The van der Waals surface area contributed by atoms with Crippen molar-refractivity contribution < 1.29 is 4.39 Å². The topological polar surface area (TPSA) is 62.8 Å². The molecule has 0 aliphatic rings. The van der Waals surface area contributed by atoms with Gasteiger partial charge in [-0.1, -0.05) is 0 Å². The van der Waals surface area contributed by atoms with Gasteiger partial charge in [0.1, 0.15) is 17.0 Å². The third kappa shape index (κ3) is 1.87. The van der Waals surface area contributed by atoms with E-state index in [1.807, 2.05) is 13.0 Å². The van der Waals surface area contributed by atoms with Crippen molar-refractivity contribution in [1.29, 1.82) is 5.41 Å². The van der Waals surface area contributed by atoms with E-state index < -0.39 is 0 Å². The minimum Gasteiger partial charge on any atom is -0.382 e. The van der Waals surface area contributed by atoms with Crippen LogP contribution in [0.4, 0.5) is 4.39 Å². The van der Waals surface area contributed by atoms with Crippen molar-refractivity contribution in [3.63, 3.8) is 0 Å². The average Bonchev–Trinajstić information content (AvgIpc) is 2.19. The van der Waals surface area contributed by atoms with Gasteiger partial charge in [-0.3, -0.25) is 5.41 Å². The summed E-state index contributed by atoms with van der Waals surface area (Å²) in [6.45, 7) is 1.85. The van der Waals surface area contributed by atoms with E-state index in [9.17, 15) is 4.39 Å². The molecule has 0 spiro atoms. The Bertz CT molecular complexity index is 595. The zero-order valence-electron chi connectivity index (χ0n) is 8.51. The average molecular weight is 329 g/mol. The number of aryl methyl sites for hydroxylation is 1. The molecule has 0 radical (unpaired) electrons. The van der Waals surface area contributed by atoms with E-state index in [2.05, 4.69) is 27.6 Å². The number of aromatic nitrogens is 1. The monoisotopic (exact) mass is 329 g/mol. The second-order valence-electron chi connectivity index (χ2n) is 3.52. The Hall–Kier alpha value is -1.24. The van der Waals surface area contributed by atoms with Crippen LogP contribution in [0.3, 0.4) is 0 Å². The Labute approximate surface area is 106 Å². The van der Waals surface area contributed by atoms with Crippen molar-refractivity contribution in [3.8, 4) is 0 Å². The molecule has 0 aliphatic heterocycles. The number of halogens is 2. The number of fused-ring (bicyclic) bond motifs is 1.